The van der Waals surface area contributed by atoms with Gasteiger partial charge in [0.25, 0.3) is 0 Å². The van der Waals surface area contributed by atoms with Crippen molar-refractivity contribution in [3.63, 3.8) is 0 Å². The molecule has 0 bridgehead atoms. The number of ether oxygens (including phenoxy) is 1. The summed E-state index contributed by atoms with van der Waals surface area (Å²) in [6.45, 7) is 5.10. The molecular formula is C21H31F2N3O2. The molecule has 28 heavy (non-hydrogen) atoms. The number of amides is 1. The van der Waals surface area contributed by atoms with Gasteiger partial charge < -0.3 is 10.1 Å². The van der Waals surface area contributed by atoms with Gasteiger partial charge in [-0.25, -0.2) is 8.78 Å². The van der Waals surface area contributed by atoms with E-state index in [-0.39, 0.29) is 17.6 Å². The average Bonchev–Trinajstić information content (AvgIpc) is 2.71. The number of nitrogens with zero attached hydrogens (tertiary/aromatic N) is 2. The number of piperidine rings is 2. The van der Waals surface area contributed by atoms with Crippen LogP contribution in [0.15, 0.2) is 18.2 Å². The SMILES string of the molecule is COCCNC(=O)C1CCCN(C2CCN(Cc3cc(F)ccc3F)CC2)C1. The third-order valence-corrected chi connectivity index (χ3v) is 5.90. The number of hydrogen-bond acceptors (Lipinski definition) is 4. The minimum Gasteiger partial charge on any atom is -0.383 e. The third-order valence-electron chi connectivity index (χ3n) is 5.90. The Morgan fingerprint density at radius 2 is 2.00 bits per heavy atom. The maximum absolute atomic E-state index is 13.9. The van der Waals surface area contributed by atoms with Crippen molar-refractivity contribution in [3.8, 4) is 0 Å². The molecule has 2 aliphatic rings. The molecule has 0 spiro atoms. The summed E-state index contributed by atoms with van der Waals surface area (Å²) < 4.78 is 32.2. The fourth-order valence-electron chi connectivity index (χ4n) is 4.32. The second kappa shape index (κ2) is 10.3. The number of methoxy groups -OCH3 is 1. The fraction of sp³-hybridized carbons (Fsp3) is 0.667. The van der Waals surface area contributed by atoms with Crippen molar-refractivity contribution in [2.24, 2.45) is 5.92 Å². The minimum absolute atomic E-state index is 0.0463. The summed E-state index contributed by atoms with van der Waals surface area (Å²) in [7, 11) is 1.63. The summed E-state index contributed by atoms with van der Waals surface area (Å²) in [6, 6.07) is 4.11. The van der Waals surface area contributed by atoms with Gasteiger partial charge in [0, 0.05) is 38.3 Å². The molecule has 156 valence electrons. The van der Waals surface area contributed by atoms with Crippen molar-refractivity contribution in [2.45, 2.75) is 38.3 Å². The molecule has 2 saturated heterocycles. The first-order chi connectivity index (χ1) is 13.6. The second-order valence-electron chi connectivity index (χ2n) is 7.86. The second-order valence-corrected chi connectivity index (χ2v) is 7.86. The van der Waals surface area contributed by atoms with Gasteiger partial charge in [-0.05, 0) is 63.5 Å². The summed E-state index contributed by atoms with van der Waals surface area (Å²) in [6.07, 6.45) is 3.97. The van der Waals surface area contributed by atoms with E-state index in [2.05, 4.69) is 15.1 Å². The number of hydrogen-bond donors (Lipinski definition) is 1. The Kier molecular flexibility index (Phi) is 7.76. The number of likely N-dealkylation sites (tertiary alicyclic amines) is 2. The Bertz CT molecular complexity index is 651. The molecule has 5 nitrogen and oxygen atoms in total. The lowest BCUT2D eigenvalue weighted by molar-refractivity contribution is -0.127. The quantitative estimate of drug-likeness (QED) is 0.720. The molecule has 0 aliphatic carbocycles. The molecule has 7 heteroatoms. The maximum Gasteiger partial charge on any atom is 0.224 e. The molecule has 1 N–H and O–H groups in total. The number of rotatable bonds is 7. The molecule has 2 fully saturated rings. The smallest absolute Gasteiger partial charge is 0.224 e. The summed E-state index contributed by atoms with van der Waals surface area (Å²) in [5.41, 5.74) is 0.421. The summed E-state index contributed by atoms with van der Waals surface area (Å²) >= 11 is 0. The number of carbonyl (C=O) groups excluding carboxylic acids is 1. The maximum atomic E-state index is 13.9. The van der Waals surface area contributed by atoms with Crippen molar-refractivity contribution in [1.82, 2.24) is 15.1 Å². The molecule has 3 rings (SSSR count). The molecule has 1 aromatic carbocycles. The highest BCUT2D eigenvalue weighted by molar-refractivity contribution is 5.78. The number of benzene rings is 1. The van der Waals surface area contributed by atoms with E-state index in [1.165, 1.54) is 12.1 Å². The highest BCUT2D eigenvalue weighted by Crippen LogP contribution is 2.25. The molecule has 1 atom stereocenters. The van der Waals surface area contributed by atoms with Gasteiger partial charge in [-0.15, -0.1) is 0 Å². The Balaban J connectivity index is 1.46. The zero-order valence-electron chi connectivity index (χ0n) is 16.6. The highest BCUT2D eigenvalue weighted by atomic mass is 19.1. The van der Waals surface area contributed by atoms with E-state index in [9.17, 15) is 13.6 Å². The Morgan fingerprint density at radius 3 is 2.75 bits per heavy atom. The molecular weight excluding hydrogens is 364 g/mol. The van der Waals surface area contributed by atoms with Crippen LogP contribution in [0.5, 0.6) is 0 Å². The van der Waals surface area contributed by atoms with Crippen LogP contribution < -0.4 is 5.32 Å². The van der Waals surface area contributed by atoms with E-state index < -0.39 is 5.82 Å². The predicted molar refractivity (Wildman–Crippen MR) is 104 cm³/mol. The van der Waals surface area contributed by atoms with Crippen LogP contribution in [0.2, 0.25) is 0 Å². The van der Waals surface area contributed by atoms with Gasteiger partial charge in [-0.1, -0.05) is 0 Å². The van der Waals surface area contributed by atoms with E-state index in [1.54, 1.807) is 7.11 Å². The fourth-order valence-corrected chi connectivity index (χ4v) is 4.32. The van der Waals surface area contributed by atoms with E-state index in [4.69, 9.17) is 4.74 Å². The molecule has 2 aliphatic heterocycles. The van der Waals surface area contributed by atoms with E-state index in [0.29, 0.717) is 31.3 Å². The van der Waals surface area contributed by atoms with Gasteiger partial charge in [0.2, 0.25) is 5.91 Å². The molecule has 2 heterocycles. The van der Waals surface area contributed by atoms with Crippen molar-refractivity contribution < 1.29 is 18.3 Å². The van der Waals surface area contributed by atoms with Gasteiger partial charge in [0.1, 0.15) is 11.6 Å². The van der Waals surface area contributed by atoms with Crippen molar-refractivity contribution in [1.29, 1.82) is 0 Å². The van der Waals surface area contributed by atoms with Gasteiger partial charge in [-0.2, -0.15) is 0 Å². The molecule has 1 unspecified atom stereocenters. The lowest BCUT2D eigenvalue weighted by atomic mass is 9.93. The molecule has 0 saturated carbocycles. The highest BCUT2D eigenvalue weighted by Gasteiger charge is 2.31. The molecule has 1 amide bonds. The molecule has 0 aromatic heterocycles. The van der Waals surface area contributed by atoms with Crippen LogP contribution in [-0.4, -0.2) is 68.2 Å². The first kappa shape index (κ1) is 21.1. The molecule has 0 radical (unpaired) electrons. The van der Waals surface area contributed by atoms with Crippen LogP contribution in [0.3, 0.4) is 0 Å². The zero-order chi connectivity index (χ0) is 19.9. The third kappa shape index (κ3) is 5.72. The first-order valence-electron chi connectivity index (χ1n) is 10.2. The lowest BCUT2D eigenvalue weighted by Crippen LogP contribution is -2.50. The first-order valence-corrected chi connectivity index (χ1v) is 10.2. The van der Waals surface area contributed by atoms with Crippen LogP contribution in [0, 0.1) is 17.6 Å². The van der Waals surface area contributed by atoms with Crippen molar-refractivity contribution >= 4 is 5.91 Å². The van der Waals surface area contributed by atoms with E-state index >= 15 is 0 Å². The van der Waals surface area contributed by atoms with Crippen LogP contribution >= 0.6 is 0 Å². The average molecular weight is 395 g/mol. The van der Waals surface area contributed by atoms with Crippen LogP contribution in [-0.2, 0) is 16.1 Å². The minimum atomic E-state index is -0.394. The Morgan fingerprint density at radius 1 is 1.21 bits per heavy atom. The topological polar surface area (TPSA) is 44.8 Å². The van der Waals surface area contributed by atoms with Gasteiger partial charge in [-0.3, -0.25) is 14.6 Å². The Hall–Kier alpha value is -1.57. The van der Waals surface area contributed by atoms with Gasteiger partial charge >= 0.3 is 0 Å². The number of nitrogens with one attached hydrogen (secondary N) is 1. The van der Waals surface area contributed by atoms with Gasteiger partial charge in [0.05, 0.1) is 12.5 Å². The summed E-state index contributed by atoms with van der Waals surface area (Å²) in [4.78, 5) is 17.0. The Labute approximate surface area is 166 Å². The van der Waals surface area contributed by atoms with Crippen LogP contribution in [0.1, 0.15) is 31.2 Å². The summed E-state index contributed by atoms with van der Waals surface area (Å²) in [5.74, 6) is -0.568. The van der Waals surface area contributed by atoms with Crippen molar-refractivity contribution in [2.75, 3.05) is 46.4 Å². The standard InChI is InChI=1S/C21H31F2N3O2/c1-28-12-8-24-21(27)16-3-2-9-26(15-16)19-6-10-25(11-7-19)14-17-13-18(22)4-5-20(17)23/h4-5,13,16,19H,2-3,6-12,14-15H2,1H3,(H,24,27). The normalized spacial score (nSPS) is 22.3. The van der Waals surface area contributed by atoms with Crippen LogP contribution in [0.25, 0.3) is 0 Å². The molecule has 1 aromatic rings. The summed E-state index contributed by atoms with van der Waals surface area (Å²) in [5, 5.41) is 2.96. The van der Waals surface area contributed by atoms with Crippen LogP contribution in [0.4, 0.5) is 8.78 Å². The van der Waals surface area contributed by atoms with Crippen molar-refractivity contribution in [3.05, 3.63) is 35.4 Å². The largest absolute Gasteiger partial charge is 0.383 e. The monoisotopic (exact) mass is 395 g/mol. The number of carbonyl (C=O) groups is 1. The number of halogens is 2. The zero-order valence-corrected chi connectivity index (χ0v) is 16.6. The van der Waals surface area contributed by atoms with Gasteiger partial charge in [0.15, 0.2) is 0 Å². The van der Waals surface area contributed by atoms with E-state index in [1.807, 2.05) is 0 Å². The van der Waals surface area contributed by atoms with E-state index in [0.717, 1.165) is 57.9 Å². The predicted octanol–water partition coefficient (Wildman–Crippen LogP) is 2.40. The lowest BCUT2D eigenvalue weighted by Gasteiger charge is -2.42.